The highest BCUT2D eigenvalue weighted by Gasteiger charge is 2.41. The second-order valence-electron chi connectivity index (χ2n) is 7.20. The zero-order valence-corrected chi connectivity index (χ0v) is 16.1. The zero-order chi connectivity index (χ0) is 20.1. The van der Waals surface area contributed by atoms with Gasteiger partial charge in [-0.15, -0.1) is 0 Å². The first-order valence-electron chi connectivity index (χ1n) is 9.75. The molecule has 4 rings (SSSR count). The molecule has 29 heavy (non-hydrogen) atoms. The van der Waals surface area contributed by atoms with Gasteiger partial charge in [0, 0.05) is 24.4 Å². The van der Waals surface area contributed by atoms with E-state index in [1.54, 1.807) is 4.90 Å². The van der Waals surface area contributed by atoms with Gasteiger partial charge in [0.15, 0.2) is 0 Å². The van der Waals surface area contributed by atoms with Crippen molar-refractivity contribution in [1.82, 2.24) is 4.90 Å². The third-order valence-electron chi connectivity index (χ3n) is 5.32. The Morgan fingerprint density at radius 1 is 0.897 bits per heavy atom. The quantitative estimate of drug-likeness (QED) is 0.622. The smallest absolute Gasteiger partial charge is 0.224 e. The van der Waals surface area contributed by atoms with Crippen molar-refractivity contribution >= 4 is 5.91 Å². The number of likely N-dealkylation sites (tertiary alicyclic amines) is 1. The highest BCUT2D eigenvalue weighted by atomic mass is 16.5. The first-order valence-corrected chi connectivity index (χ1v) is 9.75. The summed E-state index contributed by atoms with van der Waals surface area (Å²) < 4.78 is 6.08. The van der Waals surface area contributed by atoms with Crippen molar-refractivity contribution < 1.29 is 9.53 Å². The number of ether oxygens (including phenoxy) is 1. The molecule has 1 aliphatic heterocycles. The van der Waals surface area contributed by atoms with E-state index in [1.165, 1.54) is 0 Å². The zero-order valence-electron chi connectivity index (χ0n) is 16.1. The van der Waals surface area contributed by atoms with Gasteiger partial charge in [-0.05, 0) is 17.2 Å². The molecule has 0 bridgehead atoms. The largest absolute Gasteiger partial charge is 0.489 e. The van der Waals surface area contributed by atoms with E-state index < -0.39 is 6.04 Å². The lowest BCUT2D eigenvalue weighted by Gasteiger charge is -2.24. The predicted octanol–water partition coefficient (Wildman–Crippen LogP) is 4.67. The fourth-order valence-corrected chi connectivity index (χ4v) is 3.85. The predicted molar refractivity (Wildman–Crippen MR) is 111 cm³/mol. The van der Waals surface area contributed by atoms with E-state index in [9.17, 15) is 10.1 Å². The molecule has 0 spiro atoms. The maximum atomic E-state index is 12.8. The fourth-order valence-electron chi connectivity index (χ4n) is 3.85. The maximum absolute atomic E-state index is 12.8. The summed E-state index contributed by atoms with van der Waals surface area (Å²) in [4.78, 5) is 14.4. The molecule has 2 atom stereocenters. The lowest BCUT2D eigenvalue weighted by atomic mass is 9.91. The maximum Gasteiger partial charge on any atom is 0.224 e. The number of para-hydroxylation sites is 1. The highest BCUT2D eigenvalue weighted by molar-refractivity contribution is 5.81. The van der Waals surface area contributed by atoms with Crippen LogP contribution in [0.3, 0.4) is 0 Å². The molecule has 0 aromatic heterocycles. The lowest BCUT2D eigenvalue weighted by molar-refractivity contribution is -0.128. The topological polar surface area (TPSA) is 53.3 Å². The molecule has 0 radical (unpaired) electrons. The summed E-state index contributed by atoms with van der Waals surface area (Å²) in [6.07, 6.45) is 0.316. The molecule has 0 unspecified atom stereocenters. The number of carbonyl (C=O) groups excluding carboxylic acids is 1. The second-order valence-corrected chi connectivity index (χ2v) is 7.20. The van der Waals surface area contributed by atoms with Crippen LogP contribution in [0.4, 0.5) is 0 Å². The minimum atomic E-state index is -0.510. The van der Waals surface area contributed by atoms with Gasteiger partial charge in [0.05, 0.1) is 6.07 Å². The van der Waals surface area contributed by atoms with Crippen molar-refractivity contribution in [2.75, 3.05) is 0 Å². The number of hydrogen-bond acceptors (Lipinski definition) is 3. The Labute approximate surface area is 171 Å². The molecule has 3 aromatic carbocycles. The monoisotopic (exact) mass is 382 g/mol. The van der Waals surface area contributed by atoms with E-state index >= 15 is 0 Å². The number of nitriles is 1. The van der Waals surface area contributed by atoms with Crippen LogP contribution < -0.4 is 4.74 Å². The molecule has 1 heterocycles. The summed E-state index contributed by atoms with van der Waals surface area (Å²) in [5, 5.41) is 9.88. The van der Waals surface area contributed by atoms with E-state index in [2.05, 4.69) is 6.07 Å². The summed E-state index contributed by atoms with van der Waals surface area (Å²) in [5.41, 5.74) is 3.02. The van der Waals surface area contributed by atoms with Gasteiger partial charge in [-0.3, -0.25) is 4.79 Å². The molecule has 1 aliphatic rings. The molecule has 4 heteroatoms. The van der Waals surface area contributed by atoms with E-state index in [0.29, 0.717) is 19.6 Å². The molecule has 0 N–H and O–H groups in total. The van der Waals surface area contributed by atoms with Crippen molar-refractivity contribution in [1.29, 1.82) is 5.26 Å². The summed E-state index contributed by atoms with van der Waals surface area (Å²) in [5.74, 6) is 0.530. The normalized spacial score (nSPS) is 18.4. The Hall–Kier alpha value is -3.58. The third kappa shape index (κ3) is 4.14. The van der Waals surface area contributed by atoms with E-state index in [-0.39, 0.29) is 11.8 Å². The van der Waals surface area contributed by atoms with Gasteiger partial charge in [-0.1, -0.05) is 78.9 Å². The van der Waals surface area contributed by atoms with Gasteiger partial charge in [0.2, 0.25) is 5.91 Å². The minimum absolute atomic E-state index is 0.00302. The SMILES string of the molecule is N#C[C@H]1[C@@H](c2ccccc2OCc2ccccc2)CC(=O)N1Cc1ccccc1. The molecular weight excluding hydrogens is 360 g/mol. The van der Waals surface area contributed by atoms with E-state index in [0.717, 1.165) is 22.4 Å². The number of amides is 1. The van der Waals surface area contributed by atoms with Crippen LogP contribution in [-0.2, 0) is 17.9 Å². The fraction of sp³-hybridized carbons (Fsp3) is 0.200. The Balaban J connectivity index is 1.56. The molecular formula is C25H22N2O2. The standard InChI is InChI=1S/C25H22N2O2/c26-16-23-22(15-25(28)27(23)17-19-9-3-1-4-10-19)21-13-7-8-14-24(21)29-18-20-11-5-2-6-12-20/h1-14,22-23H,15,17-18H2/t22-,23+/m1/s1. The average Bonchev–Trinajstić information content (AvgIpc) is 3.09. The van der Waals surface area contributed by atoms with Crippen molar-refractivity contribution in [3.05, 3.63) is 102 Å². The highest BCUT2D eigenvalue weighted by Crippen LogP contribution is 2.39. The van der Waals surface area contributed by atoms with Crippen LogP contribution in [0.5, 0.6) is 5.75 Å². The van der Waals surface area contributed by atoms with Crippen molar-refractivity contribution in [3.8, 4) is 11.8 Å². The lowest BCUT2D eigenvalue weighted by Crippen LogP contribution is -2.33. The van der Waals surface area contributed by atoms with Gasteiger partial charge in [-0.25, -0.2) is 0 Å². The van der Waals surface area contributed by atoms with Crippen LogP contribution in [0.1, 0.15) is 29.0 Å². The Morgan fingerprint density at radius 2 is 1.52 bits per heavy atom. The number of hydrogen-bond donors (Lipinski definition) is 0. The molecule has 1 fully saturated rings. The number of carbonyl (C=O) groups is 1. The number of benzene rings is 3. The molecule has 0 saturated carbocycles. The van der Waals surface area contributed by atoms with Gasteiger partial charge < -0.3 is 9.64 Å². The molecule has 4 nitrogen and oxygen atoms in total. The van der Waals surface area contributed by atoms with E-state index in [1.807, 2.05) is 84.9 Å². The molecule has 1 amide bonds. The van der Waals surface area contributed by atoms with Gasteiger partial charge in [-0.2, -0.15) is 5.26 Å². The Bertz CT molecular complexity index is 1010. The molecule has 3 aromatic rings. The third-order valence-corrected chi connectivity index (χ3v) is 5.32. The van der Waals surface area contributed by atoms with E-state index in [4.69, 9.17) is 4.74 Å². The van der Waals surface area contributed by atoms with Crippen LogP contribution in [0, 0.1) is 11.3 Å². The second kappa shape index (κ2) is 8.62. The van der Waals surface area contributed by atoms with Crippen molar-refractivity contribution in [2.45, 2.75) is 31.5 Å². The molecule has 1 saturated heterocycles. The summed E-state index contributed by atoms with van der Waals surface area (Å²) >= 11 is 0. The first kappa shape index (κ1) is 18.8. The molecule has 0 aliphatic carbocycles. The summed E-state index contributed by atoms with van der Waals surface area (Å²) in [6.45, 7) is 0.894. The van der Waals surface area contributed by atoms with Crippen LogP contribution in [-0.4, -0.2) is 16.8 Å². The van der Waals surface area contributed by atoms with Crippen molar-refractivity contribution in [3.63, 3.8) is 0 Å². The summed E-state index contributed by atoms with van der Waals surface area (Å²) in [7, 11) is 0. The van der Waals surface area contributed by atoms with Crippen LogP contribution in [0.15, 0.2) is 84.9 Å². The Kier molecular flexibility index (Phi) is 5.58. The number of nitrogens with zero attached hydrogens (tertiary/aromatic N) is 2. The van der Waals surface area contributed by atoms with Gasteiger partial charge in [0.1, 0.15) is 18.4 Å². The van der Waals surface area contributed by atoms with Crippen LogP contribution in [0.2, 0.25) is 0 Å². The minimum Gasteiger partial charge on any atom is -0.489 e. The van der Waals surface area contributed by atoms with Gasteiger partial charge >= 0.3 is 0 Å². The van der Waals surface area contributed by atoms with Crippen LogP contribution >= 0.6 is 0 Å². The summed E-state index contributed by atoms with van der Waals surface area (Å²) in [6, 6.07) is 29.3. The first-order chi connectivity index (χ1) is 14.3. The van der Waals surface area contributed by atoms with Crippen molar-refractivity contribution in [2.24, 2.45) is 0 Å². The Morgan fingerprint density at radius 3 is 2.21 bits per heavy atom. The number of rotatable bonds is 6. The van der Waals surface area contributed by atoms with Gasteiger partial charge in [0.25, 0.3) is 0 Å². The molecule has 144 valence electrons. The van der Waals surface area contributed by atoms with Crippen LogP contribution in [0.25, 0.3) is 0 Å². The average molecular weight is 382 g/mol.